The van der Waals surface area contributed by atoms with Gasteiger partial charge in [-0.25, -0.2) is 0 Å². The molecule has 1 saturated heterocycles. The molecule has 1 saturated carbocycles. The Kier molecular flexibility index (Phi) is 4.96. The molecular weight excluding hydrogens is 356 g/mol. The van der Waals surface area contributed by atoms with Crippen LogP contribution < -0.4 is 4.90 Å². The molecule has 0 radical (unpaired) electrons. The number of anilines is 1. The fraction of sp³-hybridized carbons (Fsp3) is 0.500. The van der Waals surface area contributed by atoms with Gasteiger partial charge < -0.3 is 14.9 Å². The first-order chi connectivity index (χ1) is 13.5. The number of carbonyl (C=O) groups excluding carboxylic acids is 2. The van der Waals surface area contributed by atoms with Gasteiger partial charge in [-0.15, -0.1) is 0 Å². The predicted octanol–water partition coefficient (Wildman–Crippen LogP) is 2.45. The SMILES string of the molecule is CC(=O)c1ccc(N2CCN(C(=O)[C@@H]3[C@@H](C(=O)O)[C@H]4C=C[C@H]3CC4)CC2)cc1. The van der Waals surface area contributed by atoms with Crippen molar-refractivity contribution in [1.82, 2.24) is 4.90 Å². The molecule has 0 aromatic heterocycles. The maximum absolute atomic E-state index is 13.2. The number of piperazine rings is 1. The van der Waals surface area contributed by atoms with Gasteiger partial charge in [-0.2, -0.15) is 0 Å². The molecule has 4 aliphatic rings. The van der Waals surface area contributed by atoms with Gasteiger partial charge in [0, 0.05) is 37.4 Å². The summed E-state index contributed by atoms with van der Waals surface area (Å²) >= 11 is 0. The summed E-state index contributed by atoms with van der Waals surface area (Å²) in [5.41, 5.74) is 1.73. The zero-order chi connectivity index (χ0) is 19.8. The molecule has 1 amide bonds. The standard InChI is InChI=1S/C22H26N2O4/c1-14(25)15-6-8-18(9-7-15)23-10-12-24(13-11-23)21(26)19-16-2-4-17(5-3-16)20(19)22(27)28/h2,4,6-9,16-17,19-20H,3,5,10-13H2,1H3,(H,27,28)/t16-,17-,19-,20-/m0/s1. The number of carboxylic acids is 1. The van der Waals surface area contributed by atoms with Crippen LogP contribution in [0.2, 0.25) is 0 Å². The molecule has 6 nitrogen and oxygen atoms in total. The Hall–Kier alpha value is -2.63. The fourth-order valence-electron chi connectivity index (χ4n) is 4.97. The van der Waals surface area contributed by atoms with E-state index in [4.69, 9.17) is 0 Å². The van der Waals surface area contributed by atoms with E-state index in [1.165, 1.54) is 0 Å². The van der Waals surface area contributed by atoms with Crippen molar-refractivity contribution in [2.75, 3.05) is 31.1 Å². The van der Waals surface area contributed by atoms with Crippen molar-refractivity contribution in [1.29, 1.82) is 0 Å². The van der Waals surface area contributed by atoms with E-state index in [0.717, 1.165) is 18.5 Å². The highest BCUT2D eigenvalue weighted by molar-refractivity contribution is 5.94. The zero-order valence-corrected chi connectivity index (χ0v) is 16.1. The molecule has 1 heterocycles. The molecular formula is C22H26N2O4. The van der Waals surface area contributed by atoms with Crippen molar-refractivity contribution < 1.29 is 19.5 Å². The highest BCUT2D eigenvalue weighted by atomic mass is 16.4. The van der Waals surface area contributed by atoms with Crippen molar-refractivity contribution in [2.45, 2.75) is 19.8 Å². The Morgan fingerprint density at radius 1 is 0.893 bits per heavy atom. The maximum Gasteiger partial charge on any atom is 0.307 e. The number of ketones is 1. The summed E-state index contributed by atoms with van der Waals surface area (Å²) in [4.78, 5) is 40.5. The number of allylic oxidation sites excluding steroid dienone is 2. The van der Waals surface area contributed by atoms with E-state index < -0.39 is 17.8 Å². The van der Waals surface area contributed by atoms with E-state index in [1.807, 2.05) is 35.2 Å². The van der Waals surface area contributed by atoms with Crippen molar-refractivity contribution in [3.63, 3.8) is 0 Å². The van der Waals surface area contributed by atoms with Gasteiger partial charge in [0.1, 0.15) is 0 Å². The van der Waals surface area contributed by atoms with Gasteiger partial charge >= 0.3 is 5.97 Å². The van der Waals surface area contributed by atoms with Crippen molar-refractivity contribution >= 4 is 23.3 Å². The third-order valence-electron chi connectivity index (χ3n) is 6.55. The van der Waals surface area contributed by atoms with Crippen molar-refractivity contribution in [2.24, 2.45) is 23.7 Å². The number of nitrogens with zero attached hydrogens (tertiary/aromatic N) is 2. The Morgan fingerprint density at radius 3 is 1.96 bits per heavy atom. The molecule has 1 aromatic rings. The number of hydrogen-bond donors (Lipinski definition) is 1. The largest absolute Gasteiger partial charge is 0.481 e. The number of rotatable bonds is 4. The fourth-order valence-corrected chi connectivity index (χ4v) is 4.97. The minimum Gasteiger partial charge on any atom is -0.481 e. The van der Waals surface area contributed by atoms with E-state index in [-0.39, 0.29) is 23.5 Å². The Morgan fingerprint density at radius 2 is 1.46 bits per heavy atom. The molecule has 3 aliphatic carbocycles. The van der Waals surface area contributed by atoms with Crippen LogP contribution in [0, 0.1) is 23.7 Å². The number of fused-ring (bicyclic) bond motifs is 2. The lowest BCUT2D eigenvalue weighted by molar-refractivity contribution is -0.156. The molecule has 4 atom stereocenters. The second-order valence-electron chi connectivity index (χ2n) is 8.10. The lowest BCUT2D eigenvalue weighted by Crippen LogP contribution is -2.55. The Balaban J connectivity index is 1.42. The first-order valence-electron chi connectivity index (χ1n) is 10.0. The number of hydrogen-bond acceptors (Lipinski definition) is 4. The number of Topliss-reactive ketones (excluding diaryl/α,β-unsaturated/α-hetero) is 1. The van der Waals surface area contributed by atoms with Gasteiger partial charge in [0.05, 0.1) is 11.8 Å². The van der Waals surface area contributed by atoms with Crippen LogP contribution in [0.15, 0.2) is 36.4 Å². The molecule has 1 aliphatic heterocycles. The molecule has 28 heavy (non-hydrogen) atoms. The predicted molar refractivity (Wildman–Crippen MR) is 105 cm³/mol. The van der Waals surface area contributed by atoms with Crippen LogP contribution in [-0.4, -0.2) is 53.8 Å². The summed E-state index contributed by atoms with van der Waals surface area (Å²) in [6, 6.07) is 7.55. The summed E-state index contributed by atoms with van der Waals surface area (Å²) in [6.45, 7) is 4.16. The van der Waals surface area contributed by atoms with Gasteiger partial charge in [-0.1, -0.05) is 12.2 Å². The quantitative estimate of drug-likeness (QED) is 0.639. The molecule has 148 valence electrons. The summed E-state index contributed by atoms with van der Waals surface area (Å²) in [5.74, 6) is -1.78. The number of carboxylic acid groups (broad SMARTS) is 1. The average molecular weight is 382 g/mol. The molecule has 2 fully saturated rings. The highest BCUT2D eigenvalue weighted by Gasteiger charge is 2.49. The molecule has 1 N–H and O–H groups in total. The van der Waals surface area contributed by atoms with E-state index in [1.54, 1.807) is 6.92 Å². The summed E-state index contributed by atoms with van der Waals surface area (Å²) in [5, 5.41) is 9.69. The van der Waals surface area contributed by atoms with Gasteiger partial charge in [0.25, 0.3) is 0 Å². The number of benzene rings is 1. The summed E-state index contributed by atoms with van der Waals surface area (Å²) in [7, 11) is 0. The average Bonchev–Trinajstić information content (AvgIpc) is 2.73. The molecule has 2 bridgehead atoms. The number of aliphatic carboxylic acids is 1. The molecule has 6 heteroatoms. The van der Waals surface area contributed by atoms with E-state index >= 15 is 0 Å². The van der Waals surface area contributed by atoms with Gasteiger partial charge in [0.2, 0.25) is 5.91 Å². The lowest BCUT2D eigenvalue weighted by Gasteiger charge is -2.45. The minimum atomic E-state index is -0.846. The summed E-state index contributed by atoms with van der Waals surface area (Å²) < 4.78 is 0. The van der Waals surface area contributed by atoms with Crippen LogP contribution >= 0.6 is 0 Å². The van der Waals surface area contributed by atoms with Crippen LogP contribution in [0.3, 0.4) is 0 Å². The number of carbonyl (C=O) groups is 3. The van der Waals surface area contributed by atoms with Crippen LogP contribution in [0.1, 0.15) is 30.1 Å². The second kappa shape index (κ2) is 7.41. The highest BCUT2D eigenvalue weighted by Crippen LogP contribution is 2.45. The second-order valence-corrected chi connectivity index (χ2v) is 8.10. The third-order valence-corrected chi connectivity index (χ3v) is 6.55. The van der Waals surface area contributed by atoms with Gasteiger partial charge in [-0.3, -0.25) is 14.4 Å². The monoisotopic (exact) mass is 382 g/mol. The first kappa shape index (κ1) is 18.7. The smallest absolute Gasteiger partial charge is 0.307 e. The molecule has 0 spiro atoms. The normalized spacial score (nSPS) is 29.0. The maximum atomic E-state index is 13.2. The lowest BCUT2D eigenvalue weighted by atomic mass is 9.62. The molecule has 0 unspecified atom stereocenters. The molecule has 5 rings (SSSR count). The van der Waals surface area contributed by atoms with Crippen LogP contribution in [0.25, 0.3) is 0 Å². The molecule has 1 aromatic carbocycles. The van der Waals surface area contributed by atoms with Gasteiger partial charge in [-0.05, 0) is 55.9 Å². The van der Waals surface area contributed by atoms with Crippen LogP contribution in [-0.2, 0) is 9.59 Å². The van der Waals surface area contributed by atoms with Crippen molar-refractivity contribution in [3.8, 4) is 0 Å². The zero-order valence-electron chi connectivity index (χ0n) is 16.1. The van der Waals surface area contributed by atoms with E-state index in [2.05, 4.69) is 11.0 Å². The van der Waals surface area contributed by atoms with E-state index in [9.17, 15) is 19.5 Å². The van der Waals surface area contributed by atoms with E-state index in [0.29, 0.717) is 31.7 Å². The van der Waals surface area contributed by atoms with Crippen LogP contribution in [0.4, 0.5) is 5.69 Å². The van der Waals surface area contributed by atoms with Crippen LogP contribution in [0.5, 0.6) is 0 Å². The topological polar surface area (TPSA) is 77.9 Å². The van der Waals surface area contributed by atoms with Gasteiger partial charge in [0.15, 0.2) is 5.78 Å². The minimum absolute atomic E-state index is 0.00183. The number of amides is 1. The summed E-state index contributed by atoms with van der Waals surface area (Å²) in [6.07, 6.45) is 5.83. The Labute approximate surface area is 164 Å². The van der Waals surface area contributed by atoms with Crippen molar-refractivity contribution in [3.05, 3.63) is 42.0 Å². The third kappa shape index (κ3) is 3.32. The Bertz CT molecular complexity index is 808. The first-order valence-corrected chi connectivity index (χ1v) is 10.0.